The lowest BCUT2D eigenvalue weighted by Gasteiger charge is -2.09. The van der Waals surface area contributed by atoms with Crippen molar-refractivity contribution < 1.29 is 19.1 Å². The first kappa shape index (κ1) is 13.0. The quantitative estimate of drug-likeness (QED) is 0.865. The minimum Gasteiger partial charge on any atom is -0.495 e. The van der Waals surface area contributed by atoms with Gasteiger partial charge in [-0.15, -0.1) is 0 Å². The predicted octanol–water partition coefficient (Wildman–Crippen LogP) is 2.91. The fourth-order valence-corrected chi connectivity index (χ4v) is 1.82. The molecular weight excluding hydrogens is 246 g/mol. The van der Waals surface area contributed by atoms with Gasteiger partial charge in [0.05, 0.1) is 19.3 Å². The Labute approximate surface area is 110 Å². The van der Waals surface area contributed by atoms with Gasteiger partial charge in [-0.1, -0.05) is 12.1 Å². The van der Waals surface area contributed by atoms with E-state index in [1.807, 2.05) is 24.3 Å². The second kappa shape index (κ2) is 5.48. The number of ether oxygens (including phenoxy) is 1. The van der Waals surface area contributed by atoms with Gasteiger partial charge in [-0.3, -0.25) is 0 Å². The Morgan fingerprint density at radius 2 is 2.16 bits per heavy atom. The number of hydrogen-bond acceptors (Lipinski definition) is 4. The van der Waals surface area contributed by atoms with E-state index in [0.717, 1.165) is 11.4 Å². The van der Waals surface area contributed by atoms with E-state index in [1.165, 1.54) is 0 Å². The zero-order chi connectivity index (χ0) is 13.8. The monoisotopic (exact) mass is 261 g/mol. The Morgan fingerprint density at radius 3 is 2.79 bits per heavy atom. The van der Waals surface area contributed by atoms with Gasteiger partial charge in [0.2, 0.25) is 5.76 Å². The van der Waals surface area contributed by atoms with Crippen LogP contribution in [0.4, 0.5) is 5.69 Å². The van der Waals surface area contributed by atoms with Crippen molar-refractivity contribution in [2.75, 3.05) is 12.4 Å². The predicted molar refractivity (Wildman–Crippen MR) is 70.7 cm³/mol. The Morgan fingerprint density at radius 1 is 1.42 bits per heavy atom. The molecule has 0 fully saturated rings. The normalized spacial score (nSPS) is 10.2. The lowest BCUT2D eigenvalue weighted by molar-refractivity contribution is 0.0659. The van der Waals surface area contributed by atoms with Gasteiger partial charge in [0, 0.05) is 5.56 Å². The molecule has 2 N–H and O–H groups in total. The molecule has 2 rings (SSSR count). The van der Waals surface area contributed by atoms with Gasteiger partial charge in [0.25, 0.3) is 0 Å². The molecule has 0 unspecified atom stereocenters. The number of carbonyl (C=O) groups is 1. The van der Waals surface area contributed by atoms with Gasteiger partial charge >= 0.3 is 5.97 Å². The average Bonchev–Trinajstić information content (AvgIpc) is 2.78. The van der Waals surface area contributed by atoms with Crippen LogP contribution in [0, 0.1) is 6.92 Å². The smallest absolute Gasteiger partial charge is 0.372 e. The maximum absolute atomic E-state index is 10.9. The van der Waals surface area contributed by atoms with E-state index in [0.29, 0.717) is 17.9 Å². The molecule has 0 amide bonds. The van der Waals surface area contributed by atoms with Gasteiger partial charge in [0.15, 0.2) is 0 Å². The highest BCUT2D eigenvalue weighted by molar-refractivity contribution is 5.86. The molecule has 2 aromatic rings. The highest BCUT2D eigenvalue weighted by atomic mass is 16.5. The van der Waals surface area contributed by atoms with E-state index in [1.54, 1.807) is 20.1 Å². The van der Waals surface area contributed by atoms with Crippen LogP contribution in [-0.4, -0.2) is 18.2 Å². The zero-order valence-electron chi connectivity index (χ0n) is 10.8. The van der Waals surface area contributed by atoms with Crippen molar-refractivity contribution >= 4 is 11.7 Å². The number of carboxylic acid groups (broad SMARTS) is 1. The fourth-order valence-electron chi connectivity index (χ4n) is 1.82. The van der Waals surface area contributed by atoms with E-state index < -0.39 is 5.97 Å². The molecule has 19 heavy (non-hydrogen) atoms. The van der Waals surface area contributed by atoms with E-state index in [-0.39, 0.29) is 5.76 Å². The standard InChI is InChI=1S/C14H15NO4/c1-9-7-10(19-13(9)14(16)17)8-15-11-5-3-4-6-12(11)18-2/h3-7,15H,8H2,1-2H3,(H,16,17). The summed E-state index contributed by atoms with van der Waals surface area (Å²) in [7, 11) is 1.60. The summed E-state index contributed by atoms with van der Waals surface area (Å²) in [6.45, 7) is 2.11. The lowest BCUT2D eigenvalue weighted by Crippen LogP contribution is -2.00. The Hall–Kier alpha value is -2.43. The van der Waals surface area contributed by atoms with Crippen molar-refractivity contribution in [1.29, 1.82) is 0 Å². The summed E-state index contributed by atoms with van der Waals surface area (Å²) < 4.78 is 10.5. The Bertz CT molecular complexity index is 589. The second-order valence-corrected chi connectivity index (χ2v) is 4.08. The van der Waals surface area contributed by atoms with Crippen LogP contribution in [-0.2, 0) is 6.54 Å². The topological polar surface area (TPSA) is 71.7 Å². The average molecular weight is 261 g/mol. The number of methoxy groups -OCH3 is 1. The number of nitrogens with one attached hydrogen (secondary N) is 1. The lowest BCUT2D eigenvalue weighted by atomic mass is 10.2. The maximum atomic E-state index is 10.9. The van der Waals surface area contributed by atoms with Crippen molar-refractivity contribution in [1.82, 2.24) is 0 Å². The molecule has 5 heteroatoms. The van der Waals surface area contributed by atoms with Crippen LogP contribution in [0.2, 0.25) is 0 Å². The van der Waals surface area contributed by atoms with Crippen LogP contribution in [0.15, 0.2) is 34.7 Å². The summed E-state index contributed by atoms with van der Waals surface area (Å²) in [5, 5.41) is 12.1. The van der Waals surface area contributed by atoms with Crippen LogP contribution in [0.5, 0.6) is 5.75 Å². The van der Waals surface area contributed by atoms with Crippen molar-refractivity contribution in [3.63, 3.8) is 0 Å². The molecule has 100 valence electrons. The number of para-hydroxylation sites is 2. The number of furan rings is 1. The first-order chi connectivity index (χ1) is 9.11. The van der Waals surface area contributed by atoms with Crippen molar-refractivity contribution in [2.24, 2.45) is 0 Å². The van der Waals surface area contributed by atoms with Crippen molar-refractivity contribution in [3.05, 3.63) is 47.4 Å². The van der Waals surface area contributed by atoms with Crippen LogP contribution >= 0.6 is 0 Å². The second-order valence-electron chi connectivity index (χ2n) is 4.08. The highest BCUT2D eigenvalue weighted by Crippen LogP contribution is 2.24. The highest BCUT2D eigenvalue weighted by Gasteiger charge is 2.14. The van der Waals surface area contributed by atoms with Crippen LogP contribution in [0.25, 0.3) is 0 Å². The SMILES string of the molecule is COc1ccccc1NCc1cc(C)c(C(=O)O)o1. The molecule has 5 nitrogen and oxygen atoms in total. The van der Waals surface area contributed by atoms with Gasteiger partial charge in [0.1, 0.15) is 11.5 Å². The van der Waals surface area contributed by atoms with Gasteiger partial charge in [-0.05, 0) is 25.1 Å². The van der Waals surface area contributed by atoms with E-state index in [2.05, 4.69) is 5.32 Å². The summed E-state index contributed by atoms with van der Waals surface area (Å²) in [4.78, 5) is 10.9. The molecular formula is C14H15NO4. The summed E-state index contributed by atoms with van der Waals surface area (Å²) >= 11 is 0. The number of rotatable bonds is 5. The maximum Gasteiger partial charge on any atom is 0.372 e. The molecule has 0 saturated heterocycles. The minimum atomic E-state index is -1.05. The third-order valence-corrected chi connectivity index (χ3v) is 2.72. The molecule has 0 spiro atoms. The number of hydrogen-bond donors (Lipinski definition) is 2. The molecule has 1 aromatic heterocycles. The summed E-state index contributed by atoms with van der Waals surface area (Å²) in [5.41, 5.74) is 1.44. The Kier molecular flexibility index (Phi) is 3.75. The third-order valence-electron chi connectivity index (χ3n) is 2.72. The largest absolute Gasteiger partial charge is 0.495 e. The van der Waals surface area contributed by atoms with Gasteiger partial charge in [-0.2, -0.15) is 0 Å². The fraction of sp³-hybridized carbons (Fsp3) is 0.214. The Balaban J connectivity index is 2.10. The molecule has 0 bridgehead atoms. The van der Waals surface area contributed by atoms with Gasteiger partial charge < -0.3 is 19.6 Å². The van der Waals surface area contributed by atoms with E-state index in [4.69, 9.17) is 14.3 Å². The third kappa shape index (κ3) is 2.88. The zero-order valence-corrected chi connectivity index (χ0v) is 10.8. The first-order valence-electron chi connectivity index (χ1n) is 5.81. The van der Waals surface area contributed by atoms with Crippen LogP contribution in [0.3, 0.4) is 0 Å². The number of aryl methyl sites for hydroxylation is 1. The molecule has 0 radical (unpaired) electrons. The van der Waals surface area contributed by atoms with Gasteiger partial charge in [-0.25, -0.2) is 4.79 Å². The summed E-state index contributed by atoms with van der Waals surface area (Å²) in [6, 6.07) is 9.21. The molecule has 1 heterocycles. The molecule has 0 atom stereocenters. The van der Waals surface area contributed by atoms with Crippen molar-refractivity contribution in [2.45, 2.75) is 13.5 Å². The van der Waals surface area contributed by atoms with Crippen LogP contribution < -0.4 is 10.1 Å². The summed E-state index contributed by atoms with van der Waals surface area (Å²) in [6.07, 6.45) is 0. The number of anilines is 1. The summed E-state index contributed by atoms with van der Waals surface area (Å²) in [5.74, 6) is 0.225. The molecule has 0 saturated carbocycles. The molecule has 0 aliphatic rings. The van der Waals surface area contributed by atoms with Crippen LogP contribution in [0.1, 0.15) is 21.9 Å². The first-order valence-corrected chi connectivity index (χ1v) is 5.81. The molecule has 0 aliphatic carbocycles. The number of aromatic carboxylic acids is 1. The van der Waals surface area contributed by atoms with Crippen molar-refractivity contribution in [3.8, 4) is 5.75 Å². The number of carboxylic acids is 1. The minimum absolute atomic E-state index is 0.0168. The number of benzene rings is 1. The molecule has 0 aliphatic heterocycles. The molecule has 1 aromatic carbocycles. The van der Waals surface area contributed by atoms with E-state index >= 15 is 0 Å². The van der Waals surface area contributed by atoms with E-state index in [9.17, 15) is 4.79 Å².